The summed E-state index contributed by atoms with van der Waals surface area (Å²) in [6.45, 7) is 3.58. The Labute approximate surface area is 70.6 Å². The Morgan fingerprint density at radius 1 is 1.73 bits per heavy atom. The smallest absolute Gasteiger partial charge is 0.193 e. The average Bonchev–Trinajstić information content (AvgIpc) is 2.36. The van der Waals surface area contributed by atoms with Crippen molar-refractivity contribution in [1.29, 1.82) is 0 Å². The van der Waals surface area contributed by atoms with Crippen LogP contribution >= 0.6 is 11.6 Å². The fraction of sp³-hybridized carbons (Fsp3) is 0.250. The van der Waals surface area contributed by atoms with Gasteiger partial charge in [0.15, 0.2) is 5.22 Å². The number of nitrogens with two attached hydrogens (primary N) is 1. The van der Waals surface area contributed by atoms with Gasteiger partial charge in [-0.3, -0.25) is 0 Å². The zero-order valence-corrected chi connectivity index (χ0v) is 6.84. The van der Waals surface area contributed by atoms with Gasteiger partial charge in [-0.1, -0.05) is 6.08 Å². The Morgan fingerprint density at radius 3 is 2.91 bits per heavy atom. The summed E-state index contributed by atoms with van der Waals surface area (Å²) in [6, 6.07) is 3.33. The second kappa shape index (κ2) is 3.60. The van der Waals surface area contributed by atoms with Crippen molar-refractivity contribution in [2.75, 3.05) is 0 Å². The molecule has 0 fully saturated rings. The Balaban J connectivity index is 2.67. The topological polar surface area (TPSA) is 39.2 Å². The molecule has 0 aliphatic carbocycles. The number of rotatable bonds is 3. The summed E-state index contributed by atoms with van der Waals surface area (Å²) in [5, 5.41) is 0.375. The van der Waals surface area contributed by atoms with Crippen molar-refractivity contribution in [1.82, 2.24) is 0 Å². The summed E-state index contributed by atoms with van der Waals surface area (Å²) < 4.78 is 5.09. The lowest BCUT2D eigenvalue weighted by Crippen LogP contribution is -2.07. The van der Waals surface area contributed by atoms with Crippen molar-refractivity contribution in [2.24, 2.45) is 5.73 Å². The van der Waals surface area contributed by atoms with Crippen LogP contribution in [0.4, 0.5) is 0 Å². The number of hydrogen-bond acceptors (Lipinski definition) is 2. The van der Waals surface area contributed by atoms with E-state index in [0.717, 1.165) is 0 Å². The molecule has 11 heavy (non-hydrogen) atoms. The van der Waals surface area contributed by atoms with Gasteiger partial charge in [-0.25, -0.2) is 0 Å². The Morgan fingerprint density at radius 2 is 2.45 bits per heavy atom. The van der Waals surface area contributed by atoms with Gasteiger partial charge in [-0.2, -0.15) is 0 Å². The molecule has 0 saturated heterocycles. The Hall–Kier alpha value is -0.730. The molecule has 2 nitrogen and oxygen atoms in total. The van der Waals surface area contributed by atoms with Gasteiger partial charge in [0.05, 0.1) is 6.04 Å². The van der Waals surface area contributed by atoms with Gasteiger partial charge in [0.25, 0.3) is 0 Å². The zero-order valence-electron chi connectivity index (χ0n) is 6.09. The van der Waals surface area contributed by atoms with Crippen LogP contribution in [-0.4, -0.2) is 0 Å². The van der Waals surface area contributed by atoms with Crippen LogP contribution in [0, 0.1) is 0 Å². The second-order valence-corrected chi connectivity index (χ2v) is 2.65. The third-order valence-corrected chi connectivity index (χ3v) is 1.58. The minimum absolute atomic E-state index is 0.125. The fourth-order valence-electron chi connectivity index (χ4n) is 0.823. The lowest BCUT2D eigenvalue weighted by molar-refractivity contribution is 0.469. The molecule has 0 unspecified atom stereocenters. The molecule has 60 valence electrons. The normalized spacial score (nSPS) is 12.9. The van der Waals surface area contributed by atoms with E-state index >= 15 is 0 Å². The first-order chi connectivity index (χ1) is 5.24. The van der Waals surface area contributed by atoms with E-state index in [9.17, 15) is 0 Å². The van der Waals surface area contributed by atoms with Crippen LogP contribution in [0.15, 0.2) is 29.2 Å². The molecule has 0 aromatic carbocycles. The molecule has 1 aromatic heterocycles. The van der Waals surface area contributed by atoms with E-state index in [2.05, 4.69) is 6.58 Å². The molecule has 1 aromatic rings. The van der Waals surface area contributed by atoms with Crippen LogP contribution in [0.2, 0.25) is 5.22 Å². The summed E-state index contributed by atoms with van der Waals surface area (Å²) in [4.78, 5) is 0. The summed E-state index contributed by atoms with van der Waals surface area (Å²) in [7, 11) is 0. The number of furan rings is 1. The van der Waals surface area contributed by atoms with Crippen LogP contribution in [0.25, 0.3) is 0 Å². The molecule has 0 amide bonds. The lowest BCUT2D eigenvalue weighted by atomic mass is 10.2. The highest BCUT2D eigenvalue weighted by atomic mass is 35.5. The van der Waals surface area contributed by atoms with Crippen molar-refractivity contribution in [3.05, 3.63) is 35.8 Å². The van der Waals surface area contributed by atoms with Crippen molar-refractivity contribution in [3.8, 4) is 0 Å². The Bertz CT molecular complexity index is 244. The molecule has 1 atom stereocenters. The average molecular weight is 172 g/mol. The summed E-state index contributed by atoms with van der Waals surface area (Å²) >= 11 is 5.56. The van der Waals surface area contributed by atoms with E-state index in [1.54, 1.807) is 18.2 Å². The Kier molecular flexibility index (Phi) is 2.74. The van der Waals surface area contributed by atoms with Crippen LogP contribution in [0.1, 0.15) is 18.2 Å². The van der Waals surface area contributed by atoms with E-state index in [-0.39, 0.29) is 6.04 Å². The third kappa shape index (κ3) is 2.10. The van der Waals surface area contributed by atoms with Gasteiger partial charge in [0.2, 0.25) is 0 Å². The highest BCUT2D eigenvalue weighted by Gasteiger charge is 2.07. The van der Waals surface area contributed by atoms with Crippen LogP contribution in [0.3, 0.4) is 0 Å². The minimum Gasteiger partial charge on any atom is -0.448 e. The van der Waals surface area contributed by atoms with Crippen molar-refractivity contribution >= 4 is 11.6 Å². The van der Waals surface area contributed by atoms with Crippen molar-refractivity contribution in [2.45, 2.75) is 12.5 Å². The van der Waals surface area contributed by atoms with E-state index in [1.807, 2.05) is 0 Å². The first-order valence-corrected chi connectivity index (χ1v) is 3.73. The van der Waals surface area contributed by atoms with E-state index in [1.165, 1.54) is 0 Å². The number of hydrogen-bond donors (Lipinski definition) is 1. The first-order valence-electron chi connectivity index (χ1n) is 3.35. The number of halogens is 1. The SMILES string of the molecule is C=CC[C@H](N)c1ccc(Cl)o1. The minimum atomic E-state index is -0.125. The van der Waals surface area contributed by atoms with Gasteiger partial charge < -0.3 is 10.2 Å². The molecule has 0 saturated carbocycles. The first kappa shape index (κ1) is 8.37. The molecule has 0 aliphatic heterocycles. The quantitative estimate of drug-likeness (QED) is 0.710. The highest BCUT2D eigenvalue weighted by Crippen LogP contribution is 2.20. The summed E-state index contributed by atoms with van der Waals surface area (Å²) in [6.07, 6.45) is 2.45. The third-order valence-electron chi connectivity index (χ3n) is 1.38. The van der Waals surface area contributed by atoms with Crippen LogP contribution < -0.4 is 5.73 Å². The fourth-order valence-corrected chi connectivity index (χ4v) is 0.975. The molecule has 0 radical (unpaired) electrons. The van der Waals surface area contributed by atoms with E-state index in [4.69, 9.17) is 21.8 Å². The van der Waals surface area contributed by atoms with Crippen molar-refractivity contribution in [3.63, 3.8) is 0 Å². The van der Waals surface area contributed by atoms with E-state index < -0.39 is 0 Å². The molecule has 1 rings (SSSR count). The van der Waals surface area contributed by atoms with E-state index in [0.29, 0.717) is 17.4 Å². The maximum absolute atomic E-state index is 5.70. The van der Waals surface area contributed by atoms with Gasteiger partial charge in [0, 0.05) is 0 Å². The van der Waals surface area contributed by atoms with Gasteiger partial charge in [-0.05, 0) is 30.2 Å². The second-order valence-electron chi connectivity index (χ2n) is 2.27. The van der Waals surface area contributed by atoms with Crippen LogP contribution in [0.5, 0.6) is 0 Å². The maximum Gasteiger partial charge on any atom is 0.193 e. The standard InChI is InChI=1S/C8H10ClNO/c1-2-3-6(10)7-4-5-8(9)11-7/h2,4-6H,1,3,10H2/t6-/m0/s1. The predicted molar refractivity (Wildman–Crippen MR) is 45.5 cm³/mol. The molecular formula is C8H10ClNO. The summed E-state index contributed by atoms with van der Waals surface area (Å²) in [5.74, 6) is 0.704. The largest absolute Gasteiger partial charge is 0.448 e. The van der Waals surface area contributed by atoms with Gasteiger partial charge in [-0.15, -0.1) is 6.58 Å². The molecular weight excluding hydrogens is 162 g/mol. The van der Waals surface area contributed by atoms with Crippen LogP contribution in [-0.2, 0) is 0 Å². The maximum atomic E-state index is 5.70. The van der Waals surface area contributed by atoms with Gasteiger partial charge in [0.1, 0.15) is 5.76 Å². The zero-order chi connectivity index (χ0) is 8.27. The summed E-state index contributed by atoms with van der Waals surface area (Å²) in [5.41, 5.74) is 5.70. The molecule has 3 heteroatoms. The predicted octanol–water partition coefficient (Wildman–Crippen LogP) is 2.51. The van der Waals surface area contributed by atoms with Crippen molar-refractivity contribution < 1.29 is 4.42 Å². The lowest BCUT2D eigenvalue weighted by Gasteiger charge is -2.02. The molecule has 0 aliphatic rings. The molecule has 0 spiro atoms. The molecule has 2 N–H and O–H groups in total. The monoisotopic (exact) mass is 171 g/mol. The molecule has 0 bridgehead atoms. The highest BCUT2D eigenvalue weighted by molar-refractivity contribution is 6.28. The van der Waals surface area contributed by atoms with Gasteiger partial charge >= 0.3 is 0 Å². The molecule has 1 heterocycles.